The van der Waals surface area contributed by atoms with Crippen LogP contribution in [0.25, 0.3) is 10.8 Å². The van der Waals surface area contributed by atoms with Crippen molar-refractivity contribution < 1.29 is 15.0 Å². The molecule has 106 valence electrons. The lowest BCUT2D eigenvalue weighted by molar-refractivity contribution is 0.0694. The third-order valence-corrected chi connectivity index (χ3v) is 3.50. The molecular weight excluding hydrogens is 252 g/mol. The molecule has 3 heteroatoms. The molecule has 20 heavy (non-hydrogen) atoms. The van der Waals surface area contributed by atoms with E-state index in [0.29, 0.717) is 5.92 Å². The first-order valence-corrected chi connectivity index (χ1v) is 6.96. The summed E-state index contributed by atoms with van der Waals surface area (Å²) in [5, 5.41) is 20.4. The van der Waals surface area contributed by atoms with E-state index in [0.717, 1.165) is 23.6 Å². The first-order valence-electron chi connectivity index (χ1n) is 6.96. The van der Waals surface area contributed by atoms with Gasteiger partial charge in [-0.3, -0.25) is 0 Å². The van der Waals surface area contributed by atoms with E-state index < -0.39 is 5.97 Å². The molecule has 2 aromatic carbocycles. The maximum atomic E-state index is 11.0. The Morgan fingerprint density at radius 2 is 1.90 bits per heavy atom. The molecule has 0 unspecified atom stereocenters. The molecular formula is C17H20O3. The van der Waals surface area contributed by atoms with Crippen LogP contribution in [0.5, 0.6) is 5.75 Å². The molecule has 0 aliphatic carbocycles. The van der Waals surface area contributed by atoms with Crippen molar-refractivity contribution in [1.82, 2.24) is 0 Å². The van der Waals surface area contributed by atoms with Crippen molar-refractivity contribution in [1.29, 1.82) is 0 Å². The van der Waals surface area contributed by atoms with Gasteiger partial charge in [0, 0.05) is 0 Å². The van der Waals surface area contributed by atoms with Crippen molar-refractivity contribution in [3.63, 3.8) is 0 Å². The monoisotopic (exact) mass is 272 g/mol. The quantitative estimate of drug-likeness (QED) is 0.856. The van der Waals surface area contributed by atoms with Crippen LogP contribution in [-0.2, 0) is 6.42 Å². The molecule has 2 aromatic rings. The summed E-state index contributed by atoms with van der Waals surface area (Å²) in [6, 6.07) is 9.05. The van der Waals surface area contributed by atoms with Gasteiger partial charge >= 0.3 is 5.97 Å². The van der Waals surface area contributed by atoms with E-state index >= 15 is 0 Å². The summed E-state index contributed by atoms with van der Waals surface area (Å²) in [5.74, 6) is -0.585. The molecule has 0 saturated heterocycles. The normalized spacial score (nSPS) is 11.2. The Labute approximate surface area is 118 Å². The molecule has 0 atom stereocenters. The standard InChI is InChI=1S/C17H20O3/c1-11(2)4-3-5-12-6-7-13-10-16(18)15(17(19)20)9-14(13)8-12/h6-11,18H,3-5H2,1-2H3,(H,19,20). The van der Waals surface area contributed by atoms with Crippen molar-refractivity contribution in [2.75, 3.05) is 0 Å². The lowest BCUT2D eigenvalue weighted by atomic mass is 9.99. The van der Waals surface area contributed by atoms with Crippen LogP contribution < -0.4 is 0 Å². The Balaban J connectivity index is 2.28. The van der Waals surface area contributed by atoms with Gasteiger partial charge < -0.3 is 10.2 Å². The fraction of sp³-hybridized carbons (Fsp3) is 0.353. The van der Waals surface area contributed by atoms with Gasteiger partial charge in [-0.2, -0.15) is 0 Å². The molecule has 0 saturated carbocycles. The van der Waals surface area contributed by atoms with Gasteiger partial charge in [-0.25, -0.2) is 4.79 Å². The summed E-state index contributed by atoms with van der Waals surface area (Å²) >= 11 is 0. The largest absolute Gasteiger partial charge is 0.507 e. The third kappa shape index (κ3) is 3.29. The zero-order valence-corrected chi connectivity index (χ0v) is 11.9. The summed E-state index contributed by atoms with van der Waals surface area (Å²) < 4.78 is 0. The molecule has 0 aliphatic rings. The summed E-state index contributed by atoms with van der Waals surface area (Å²) in [6.07, 6.45) is 3.32. The molecule has 3 nitrogen and oxygen atoms in total. The van der Waals surface area contributed by atoms with E-state index in [1.807, 2.05) is 18.2 Å². The first kappa shape index (κ1) is 14.4. The number of fused-ring (bicyclic) bond motifs is 1. The number of carboxylic acid groups (broad SMARTS) is 1. The van der Waals surface area contributed by atoms with Gasteiger partial charge in [0.05, 0.1) is 0 Å². The van der Waals surface area contributed by atoms with Gasteiger partial charge in [0.2, 0.25) is 0 Å². The molecule has 0 aromatic heterocycles. The van der Waals surface area contributed by atoms with Gasteiger partial charge in [0.1, 0.15) is 11.3 Å². The number of aryl methyl sites for hydroxylation is 1. The molecule has 2 N–H and O–H groups in total. The maximum Gasteiger partial charge on any atom is 0.339 e. The average molecular weight is 272 g/mol. The molecule has 0 radical (unpaired) electrons. The number of rotatable bonds is 5. The highest BCUT2D eigenvalue weighted by Gasteiger charge is 2.11. The SMILES string of the molecule is CC(C)CCCc1ccc2cc(O)c(C(=O)O)cc2c1. The highest BCUT2D eigenvalue weighted by atomic mass is 16.4. The van der Waals surface area contributed by atoms with Crippen LogP contribution in [0.3, 0.4) is 0 Å². The van der Waals surface area contributed by atoms with Gasteiger partial charge in [-0.1, -0.05) is 38.5 Å². The smallest absolute Gasteiger partial charge is 0.339 e. The summed E-state index contributed by atoms with van der Waals surface area (Å²) in [6.45, 7) is 4.42. The van der Waals surface area contributed by atoms with Crippen LogP contribution in [-0.4, -0.2) is 16.2 Å². The molecule has 0 aliphatic heterocycles. The van der Waals surface area contributed by atoms with Gasteiger partial charge in [-0.15, -0.1) is 0 Å². The Bertz CT molecular complexity index is 629. The summed E-state index contributed by atoms with van der Waals surface area (Å²) in [5.41, 5.74) is 1.16. The fourth-order valence-electron chi connectivity index (χ4n) is 2.38. The Hall–Kier alpha value is -2.03. The number of carbonyl (C=O) groups is 1. The highest BCUT2D eigenvalue weighted by molar-refractivity contribution is 5.97. The summed E-state index contributed by atoms with van der Waals surface area (Å²) in [7, 11) is 0. The van der Waals surface area contributed by atoms with Crippen molar-refractivity contribution in [3.8, 4) is 5.75 Å². The minimum atomic E-state index is -1.10. The fourth-order valence-corrected chi connectivity index (χ4v) is 2.38. The van der Waals surface area contributed by atoms with Crippen LogP contribution in [0.1, 0.15) is 42.6 Å². The lowest BCUT2D eigenvalue weighted by Gasteiger charge is -2.07. The van der Waals surface area contributed by atoms with Crippen LogP contribution in [0.2, 0.25) is 0 Å². The molecule has 2 rings (SSSR count). The predicted octanol–water partition coefficient (Wildman–Crippen LogP) is 4.22. The van der Waals surface area contributed by atoms with Crippen molar-refractivity contribution in [2.45, 2.75) is 33.1 Å². The molecule has 0 spiro atoms. The Morgan fingerprint density at radius 3 is 2.55 bits per heavy atom. The van der Waals surface area contributed by atoms with Gasteiger partial charge in [0.25, 0.3) is 0 Å². The van der Waals surface area contributed by atoms with Crippen LogP contribution >= 0.6 is 0 Å². The number of benzene rings is 2. The van der Waals surface area contributed by atoms with Crippen molar-refractivity contribution >= 4 is 16.7 Å². The number of carboxylic acids is 1. The third-order valence-electron chi connectivity index (χ3n) is 3.50. The number of hydrogen-bond acceptors (Lipinski definition) is 2. The topological polar surface area (TPSA) is 57.5 Å². The Morgan fingerprint density at radius 1 is 1.15 bits per heavy atom. The van der Waals surface area contributed by atoms with E-state index in [2.05, 4.69) is 13.8 Å². The van der Waals surface area contributed by atoms with Crippen LogP contribution in [0.15, 0.2) is 30.3 Å². The molecule has 0 fully saturated rings. The van der Waals surface area contributed by atoms with E-state index in [-0.39, 0.29) is 11.3 Å². The van der Waals surface area contributed by atoms with E-state index in [1.165, 1.54) is 18.1 Å². The molecule has 0 amide bonds. The molecule has 0 bridgehead atoms. The zero-order valence-electron chi connectivity index (χ0n) is 11.9. The van der Waals surface area contributed by atoms with Crippen molar-refractivity contribution in [3.05, 3.63) is 41.5 Å². The van der Waals surface area contributed by atoms with Gasteiger partial charge in [0.15, 0.2) is 0 Å². The maximum absolute atomic E-state index is 11.0. The first-order chi connectivity index (χ1) is 9.47. The summed E-state index contributed by atoms with van der Waals surface area (Å²) in [4.78, 5) is 11.0. The predicted molar refractivity (Wildman–Crippen MR) is 80.3 cm³/mol. The van der Waals surface area contributed by atoms with E-state index in [4.69, 9.17) is 5.11 Å². The number of aromatic hydroxyl groups is 1. The van der Waals surface area contributed by atoms with Crippen LogP contribution in [0, 0.1) is 5.92 Å². The molecule has 0 heterocycles. The van der Waals surface area contributed by atoms with E-state index in [1.54, 1.807) is 6.07 Å². The van der Waals surface area contributed by atoms with Crippen LogP contribution in [0.4, 0.5) is 0 Å². The number of phenols is 1. The minimum absolute atomic E-state index is 0.0446. The van der Waals surface area contributed by atoms with Gasteiger partial charge in [-0.05, 0) is 47.2 Å². The highest BCUT2D eigenvalue weighted by Crippen LogP contribution is 2.26. The number of hydrogen-bond donors (Lipinski definition) is 2. The Kier molecular flexibility index (Phi) is 4.28. The average Bonchev–Trinajstić information content (AvgIpc) is 2.37. The zero-order chi connectivity index (χ0) is 14.7. The van der Waals surface area contributed by atoms with E-state index in [9.17, 15) is 9.90 Å². The second-order valence-corrected chi connectivity index (χ2v) is 5.64. The van der Waals surface area contributed by atoms with Crippen molar-refractivity contribution in [2.24, 2.45) is 5.92 Å². The minimum Gasteiger partial charge on any atom is -0.507 e. The second kappa shape index (κ2) is 5.95. The second-order valence-electron chi connectivity index (χ2n) is 5.64. The number of aromatic carboxylic acids is 1. The lowest BCUT2D eigenvalue weighted by Crippen LogP contribution is -1.97.